The van der Waals surface area contributed by atoms with E-state index in [0.29, 0.717) is 5.56 Å². The fourth-order valence-electron chi connectivity index (χ4n) is 3.25. The Labute approximate surface area is 124 Å². The predicted molar refractivity (Wildman–Crippen MR) is 77.8 cm³/mol. The molecule has 1 fully saturated rings. The Morgan fingerprint density at radius 3 is 2.52 bits per heavy atom. The zero-order valence-electron chi connectivity index (χ0n) is 12.6. The van der Waals surface area contributed by atoms with Crippen LogP contribution in [-0.2, 0) is 6.18 Å². The van der Waals surface area contributed by atoms with Crippen LogP contribution in [0.25, 0.3) is 0 Å². The smallest absolute Gasteiger partial charge is 0.329 e. The summed E-state index contributed by atoms with van der Waals surface area (Å²) in [5.41, 5.74) is 5.68. The number of nitrogens with zero attached hydrogens (tertiary/aromatic N) is 1. The lowest BCUT2D eigenvalue weighted by Gasteiger charge is -2.42. The third-order valence-electron chi connectivity index (χ3n) is 4.22. The minimum Gasteiger partial charge on any atom is -0.329 e. The Kier molecular flexibility index (Phi) is 4.63. The number of alkyl halides is 3. The highest BCUT2D eigenvalue weighted by molar-refractivity contribution is 5.33. The number of benzene rings is 1. The van der Waals surface area contributed by atoms with Gasteiger partial charge in [-0.1, -0.05) is 32.0 Å². The molecule has 2 N–H and O–H groups in total. The molecule has 1 heterocycles. The first-order valence-corrected chi connectivity index (χ1v) is 7.35. The largest absolute Gasteiger partial charge is 0.416 e. The van der Waals surface area contributed by atoms with Gasteiger partial charge in [0.15, 0.2) is 0 Å². The van der Waals surface area contributed by atoms with Crippen molar-refractivity contribution in [3.63, 3.8) is 0 Å². The summed E-state index contributed by atoms with van der Waals surface area (Å²) in [5.74, 6) is 0. The quantitative estimate of drug-likeness (QED) is 0.919. The van der Waals surface area contributed by atoms with Crippen molar-refractivity contribution in [1.82, 2.24) is 4.90 Å². The van der Waals surface area contributed by atoms with Crippen LogP contribution in [0.2, 0.25) is 0 Å². The number of hydrogen-bond acceptors (Lipinski definition) is 2. The van der Waals surface area contributed by atoms with E-state index in [1.165, 1.54) is 6.07 Å². The summed E-state index contributed by atoms with van der Waals surface area (Å²) in [7, 11) is 0. The van der Waals surface area contributed by atoms with Crippen LogP contribution in [0.4, 0.5) is 13.2 Å². The van der Waals surface area contributed by atoms with Crippen molar-refractivity contribution in [1.29, 1.82) is 0 Å². The lowest BCUT2D eigenvalue weighted by molar-refractivity contribution is -0.138. The van der Waals surface area contributed by atoms with Crippen molar-refractivity contribution >= 4 is 0 Å². The van der Waals surface area contributed by atoms with Gasteiger partial charge in [0.05, 0.1) is 5.56 Å². The van der Waals surface area contributed by atoms with Crippen LogP contribution in [-0.4, -0.2) is 24.5 Å². The molecule has 0 aliphatic carbocycles. The molecular weight excluding hydrogens is 277 g/mol. The fourth-order valence-corrected chi connectivity index (χ4v) is 3.25. The minimum absolute atomic E-state index is 0.124. The molecule has 1 aromatic carbocycles. The molecule has 0 saturated carbocycles. The molecule has 0 aromatic heterocycles. The summed E-state index contributed by atoms with van der Waals surface area (Å²) in [6.07, 6.45) is -2.24. The van der Waals surface area contributed by atoms with E-state index >= 15 is 0 Å². The van der Waals surface area contributed by atoms with Crippen LogP contribution >= 0.6 is 0 Å². The van der Waals surface area contributed by atoms with E-state index in [1.807, 2.05) is 0 Å². The van der Waals surface area contributed by atoms with Gasteiger partial charge in [0, 0.05) is 19.1 Å². The zero-order valence-corrected chi connectivity index (χ0v) is 12.6. The molecule has 0 bridgehead atoms. The van der Waals surface area contributed by atoms with Gasteiger partial charge < -0.3 is 5.73 Å². The lowest BCUT2D eigenvalue weighted by Crippen LogP contribution is -2.44. The molecule has 0 amide bonds. The summed E-state index contributed by atoms with van der Waals surface area (Å²) >= 11 is 0. The number of hydrogen-bond donors (Lipinski definition) is 1. The fraction of sp³-hybridized carbons (Fsp3) is 0.625. The van der Waals surface area contributed by atoms with E-state index in [1.54, 1.807) is 12.1 Å². The molecule has 0 radical (unpaired) electrons. The van der Waals surface area contributed by atoms with Gasteiger partial charge in [-0.05, 0) is 36.4 Å². The normalized spacial score (nSPS) is 21.2. The molecule has 5 heteroatoms. The Hall–Kier alpha value is -1.07. The molecule has 1 unspecified atom stereocenters. The third kappa shape index (κ3) is 3.77. The topological polar surface area (TPSA) is 29.3 Å². The Morgan fingerprint density at radius 2 is 1.95 bits per heavy atom. The molecule has 118 valence electrons. The SMILES string of the molecule is CC1(C)CCCN(C(CN)c2ccccc2C(F)(F)F)C1. The minimum atomic E-state index is -4.34. The summed E-state index contributed by atoms with van der Waals surface area (Å²) < 4.78 is 39.6. The lowest BCUT2D eigenvalue weighted by atomic mass is 9.82. The molecule has 1 aliphatic heterocycles. The van der Waals surface area contributed by atoms with E-state index in [4.69, 9.17) is 5.73 Å². The van der Waals surface area contributed by atoms with Crippen LogP contribution in [0, 0.1) is 5.41 Å². The second-order valence-electron chi connectivity index (χ2n) is 6.57. The first kappa shape index (κ1) is 16.3. The molecular formula is C16H23F3N2. The average molecular weight is 300 g/mol. The van der Waals surface area contributed by atoms with Crippen LogP contribution in [0.15, 0.2) is 24.3 Å². The van der Waals surface area contributed by atoms with Gasteiger partial charge in [-0.15, -0.1) is 0 Å². The van der Waals surface area contributed by atoms with Crippen molar-refractivity contribution in [2.45, 2.75) is 38.9 Å². The van der Waals surface area contributed by atoms with Crippen LogP contribution in [0.3, 0.4) is 0 Å². The highest BCUT2D eigenvalue weighted by Crippen LogP contribution is 2.38. The monoisotopic (exact) mass is 300 g/mol. The Balaban J connectivity index is 2.34. The van der Waals surface area contributed by atoms with Gasteiger partial charge in [0.2, 0.25) is 0 Å². The molecule has 1 atom stereocenters. The standard InChI is InChI=1S/C16H23F3N2/c1-15(2)8-5-9-21(11-15)14(10-20)12-6-3-4-7-13(12)16(17,18)19/h3-4,6-7,14H,5,8-11,20H2,1-2H3. The van der Waals surface area contributed by atoms with Crippen molar-refractivity contribution in [2.75, 3.05) is 19.6 Å². The number of halogens is 3. The number of likely N-dealkylation sites (tertiary alicyclic amines) is 1. The molecule has 1 aliphatic rings. The van der Waals surface area contributed by atoms with Crippen molar-refractivity contribution < 1.29 is 13.2 Å². The zero-order chi connectivity index (χ0) is 15.7. The number of rotatable bonds is 3. The van der Waals surface area contributed by atoms with E-state index in [0.717, 1.165) is 32.0 Å². The maximum Gasteiger partial charge on any atom is 0.416 e. The molecule has 1 aromatic rings. The highest BCUT2D eigenvalue weighted by Gasteiger charge is 2.37. The first-order valence-electron chi connectivity index (χ1n) is 7.35. The van der Waals surface area contributed by atoms with Crippen LogP contribution in [0.1, 0.15) is 43.9 Å². The van der Waals surface area contributed by atoms with Gasteiger partial charge in [-0.2, -0.15) is 13.2 Å². The number of piperidine rings is 1. The summed E-state index contributed by atoms with van der Waals surface area (Å²) in [6.45, 7) is 6.09. The van der Waals surface area contributed by atoms with Crippen LogP contribution in [0.5, 0.6) is 0 Å². The van der Waals surface area contributed by atoms with Crippen LogP contribution < -0.4 is 5.73 Å². The van der Waals surface area contributed by atoms with Gasteiger partial charge in [-0.3, -0.25) is 4.90 Å². The summed E-state index contributed by atoms with van der Waals surface area (Å²) in [6, 6.07) is 5.42. The third-order valence-corrected chi connectivity index (χ3v) is 4.22. The highest BCUT2D eigenvalue weighted by atomic mass is 19.4. The maximum atomic E-state index is 13.2. The Morgan fingerprint density at radius 1 is 1.29 bits per heavy atom. The molecule has 0 spiro atoms. The summed E-state index contributed by atoms with van der Waals surface area (Å²) in [5, 5.41) is 0. The first-order chi connectivity index (χ1) is 9.74. The van der Waals surface area contributed by atoms with Crippen molar-refractivity contribution in [3.05, 3.63) is 35.4 Å². The van der Waals surface area contributed by atoms with Gasteiger partial charge >= 0.3 is 6.18 Å². The maximum absolute atomic E-state index is 13.2. The van der Waals surface area contributed by atoms with E-state index in [2.05, 4.69) is 18.7 Å². The molecule has 2 nitrogen and oxygen atoms in total. The molecule has 21 heavy (non-hydrogen) atoms. The van der Waals surface area contributed by atoms with Gasteiger partial charge in [0.1, 0.15) is 0 Å². The Bertz CT molecular complexity index is 483. The van der Waals surface area contributed by atoms with E-state index < -0.39 is 11.7 Å². The summed E-state index contributed by atoms with van der Waals surface area (Å²) in [4.78, 5) is 2.11. The predicted octanol–water partition coefficient (Wildman–Crippen LogP) is 3.83. The number of nitrogens with two attached hydrogens (primary N) is 1. The van der Waals surface area contributed by atoms with Crippen molar-refractivity contribution in [3.8, 4) is 0 Å². The second kappa shape index (κ2) is 5.97. The van der Waals surface area contributed by atoms with Gasteiger partial charge in [-0.25, -0.2) is 0 Å². The molecule has 2 rings (SSSR count). The van der Waals surface area contributed by atoms with E-state index in [-0.39, 0.29) is 18.0 Å². The second-order valence-corrected chi connectivity index (χ2v) is 6.57. The van der Waals surface area contributed by atoms with Crippen molar-refractivity contribution in [2.24, 2.45) is 11.1 Å². The molecule has 1 saturated heterocycles. The van der Waals surface area contributed by atoms with E-state index in [9.17, 15) is 13.2 Å². The average Bonchev–Trinajstić information content (AvgIpc) is 2.38. The van der Waals surface area contributed by atoms with Gasteiger partial charge in [0.25, 0.3) is 0 Å².